The number of allylic oxidation sites excluding steroid dienone is 6. The minimum atomic E-state index is -1.60. The van der Waals surface area contributed by atoms with E-state index in [1.807, 2.05) is 28.8 Å². The summed E-state index contributed by atoms with van der Waals surface area (Å²) in [5.41, 5.74) is 9.84. The highest BCUT2D eigenvalue weighted by Gasteiger charge is 2.30. The Hall–Kier alpha value is -5.12. The summed E-state index contributed by atoms with van der Waals surface area (Å²) in [5, 5.41) is 1.95. The first kappa shape index (κ1) is 31.8. The van der Waals surface area contributed by atoms with Gasteiger partial charge in [0.05, 0.1) is 5.69 Å². The van der Waals surface area contributed by atoms with E-state index in [1.54, 1.807) is 6.08 Å². The van der Waals surface area contributed by atoms with Gasteiger partial charge in [0.2, 0.25) is 0 Å². The summed E-state index contributed by atoms with van der Waals surface area (Å²) in [4.78, 5) is 2.51. The average Bonchev–Trinajstić information content (AvgIpc) is 3.18. The number of rotatable bonds is 7. The quantitative estimate of drug-likeness (QED) is 0.125. The molecule has 6 rings (SSSR count). The Bertz CT molecular complexity index is 1880. The van der Waals surface area contributed by atoms with Crippen LogP contribution in [0.2, 0.25) is 0 Å². The summed E-state index contributed by atoms with van der Waals surface area (Å²) in [7, 11) is -1.60. The van der Waals surface area contributed by atoms with E-state index in [9.17, 15) is 4.61 Å². The minimum absolute atomic E-state index is 0.291. The molecule has 0 N–H and O–H groups in total. The number of nitrogens with zero attached hydrogens (tertiary/aromatic N) is 3. The van der Waals surface area contributed by atoms with Crippen molar-refractivity contribution < 1.29 is 0 Å². The maximum absolute atomic E-state index is 11.5. The second kappa shape index (κ2) is 15.0. The highest BCUT2D eigenvalue weighted by Crippen LogP contribution is 2.42. The van der Waals surface area contributed by atoms with E-state index in [2.05, 4.69) is 133 Å². The molecule has 0 saturated heterocycles. The van der Waals surface area contributed by atoms with Gasteiger partial charge in [0.1, 0.15) is 5.69 Å². The van der Waals surface area contributed by atoms with Crippen LogP contribution in [0.4, 0.5) is 22.7 Å². The molecule has 0 aromatic heterocycles. The lowest BCUT2D eigenvalue weighted by atomic mass is 9.82. The topological polar surface area (TPSA) is 30.3 Å². The van der Waals surface area contributed by atoms with Gasteiger partial charge >= 0.3 is 0 Å². The lowest BCUT2D eigenvalue weighted by Crippen LogP contribution is -2.38. The van der Waals surface area contributed by atoms with E-state index in [0.717, 1.165) is 60.2 Å². The highest BCUT2D eigenvalue weighted by molar-refractivity contribution is 8.08. The molecule has 0 fully saturated rings. The van der Waals surface area contributed by atoms with Crippen molar-refractivity contribution in [1.82, 2.24) is 0 Å². The Morgan fingerprint density at radius 2 is 1.70 bits per heavy atom. The molecule has 0 spiro atoms. The van der Waals surface area contributed by atoms with Crippen LogP contribution in [0, 0.1) is 35.0 Å². The van der Waals surface area contributed by atoms with Crippen LogP contribution >= 0.6 is 10.7 Å². The second-order valence-electron chi connectivity index (χ2n) is 12.2. The van der Waals surface area contributed by atoms with E-state index in [4.69, 9.17) is 6.42 Å². The van der Waals surface area contributed by atoms with Gasteiger partial charge in [-0.05, 0) is 127 Å². The van der Waals surface area contributed by atoms with Crippen LogP contribution in [0.25, 0.3) is 11.1 Å². The molecular formula is C43H41N3S. The largest absolute Gasteiger partial charge is 0.338 e. The predicted octanol–water partition coefficient (Wildman–Crippen LogP) is 11.3. The van der Waals surface area contributed by atoms with E-state index in [0.29, 0.717) is 12.0 Å². The number of hydrogen-bond donors (Lipinski definition) is 1. The summed E-state index contributed by atoms with van der Waals surface area (Å²) in [5.74, 6) is 3.12. The third kappa shape index (κ3) is 7.16. The number of hydrogen-bond acceptors (Lipinski definition) is 3. The Kier molecular flexibility index (Phi) is 10.2. The first-order chi connectivity index (χ1) is 23.1. The lowest BCUT2D eigenvalue weighted by Gasteiger charge is -2.40. The van der Waals surface area contributed by atoms with E-state index in [1.165, 1.54) is 22.5 Å². The molecule has 0 bridgehead atoms. The van der Waals surface area contributed by atoms with Crippen molar-refractivity contribution in [2.24, 2.45) is 5.92 Å². The fourth-order valence-electron chi connectivity index (χ4n) is 6.60. The number of benzene rings is 3. The highest BCUT2D eigenvalue weighted by atomic mass is 32.2. The number of para-hydroxylation sites is 2. The summed E-state index contributed by atoms with van der Waals surface area (Å²) in [6.45, 7) is 4.34. The number of thiol groups is 1. The molecule has 4 aromatic rings. The van der Waals surface area contributed by atoms with Crippen molar-refractivity contribution in [2.75, 3.05) is 9.21 Å². The molecule has 4 aromatic carbocycles. The molecule has 0 amide bonds. The Labute approximate surface area is 283 Å². The van der Waals surface area contributed by atoms with Gasteiger partial charge in [-0.25, -0.2) is 4.61 Å². The van der Waals surface area contributed by atoms with E-state index >= 15 is 0 Å². The number of aryl methyl sites for hydroxylation is 1. The van der Waals surface area contributed by atoms with Crippen molar-refractivity contribution in [2.45, 2.75) is 52.0 Å². The second-order valence-corrected chi connectivity index (χ2v) is 13.5. The molecule has 0 radical (unpaired) electrons. The Balaban J connectivity index is 1.35. The molecule has 2 unspecified atom stereocenters. The number of anilines is 4. The Morgan fingerprint density at radius 3 is 2.36 bits per heavy atom. The zero-order valence-electron chi connectivity index (χ0n) is 27.2. The maximum Gasteiger partial charge on any atom is 0.107 e. The van der Waals surface area contributed by atoms with Crippen LogP contribution in [-0.2, 0) is 6.42 Å². The SMILES string of the molecule is C#C/C=C(\C=C/C)c1ccc(N2c3c#cc(C4=CC[C@H](C)C(N(c5ccccc5)c5ccccc5)C4)cc3CCC/C=C\[SH]2#N)cc1. The molecule has 0 saturated carbocycles. The molecule has 47 heavy (non-hydrogen) atoms. The first-order valence-corrected chi connectivity index (χ1v) is 17.8. The fraction of sp³-hybridized carbons (Fsp3) is 0.209. The maximum atomic E-state index is 11.5. The third-order valence-corrected chi connectivity index (χ3v) is 10.3. The molecule has 3 nitrogen and oxygen atoms in total. The molecule has 1 aliphatic heterocycles. The van der Waals surface area contributed by atoms with Gasteiger partial charge < -0.3 is 4.90 Å². The third-order valence-electron chi connectivity index (χ3n) is 9.01. The molecule has 4 heteroatoms. The van der Waals surface area contributed by atoms with Crippen molar-refractivity contribution in [3.63, 3.8) is 0 Å². The van der Waals surface area contributed by atoms with Crippen LogP contribution in [0.5, 0.6) is 0 Å². The zero-order chi connectivity index (χ0) is 32.6. The van der Waals surface area contributed by atoms with Crippen molar-refractivity contribution in [3.8, 4) is 12.3 Å². The number of fused-ring (bicyclic) bond motifs is 1. The van der Waals surface area contributed by atoms with Gasteiger partial charge in [0, 0.05) is 33.7 Å². The smallest absolute Gasteiger partial charge is 0.107 e. The summed E-state index contributed by atoms with van der Waals surface area (Å²) in [6, 6.07) is 39.4. The van der Waals surface area contributed by atoms with Crippen molar-refractivity contribution >= 4 is 44.6 Å². The predicted molar refractivity (Wildman–Crippen MR) is 202 cm³/mol. The zero-order valence-corrected chi connectivity index (χ0v) is 28.1. The van der Waals surface area contributed by atoms with E-state index < -0.39 is 10.7 Å². The van der Waals surface area contributed by atoms with Gasteiger partial charge in [-0.3, -0.25) is 4.31 Å². The van der Waals surface area contributed by atoms with Crippen molar-refractivity contribution in [3.05, 3.63) is 156 Å². The normalized spacial score (nSPS) is 20.5. The molecule has 2 aliphatic rings. The first-order valence-electron chi connectivity index (χ1n) is 16.5. The summed E-state index contributed by atoms with van der Waals surface area (Å²) < 4.78 is 13.5. The number of terminal acetylenes is 1. The summed E-state index contributed by atoms with van der Waals surface area (Å²) in [6.07, 6.45) is 20.6. The van der Waals surface area contributed by atoms with Crippen LogP contribution in [0.1, 0.15) is 56.2 Å². The van der Waals surface area contributed by atoms with Crippen LogP contribution < -0.4 is 9.21 Å². The van der Waals surface area contributed by atoms with Crippen LogP contribution in [0.15, 0.2) is 127 Å². The molecule has 3 atom stereocenters. The van der Waals surface area contributed by atoms with E-state index in [-0.39, 0.29) is 0 Å². The monoisotopic (exact) mass is 631 g/mol. The molecule has 1 aliphatic carbocycles. The summed E-state index contributed by atoms with van der Waals surface area (Å²) >= 11 is 0. The van der Waals surface area contributed by atoms with Gasteiger partial charge in [-0.2, -0.15) is 0 Å². The van der Waals surface area contributed by atoms with Crippen LogP contribution in [0.3, 0.4) is 0 Å². The molecular weight excluding hydrogens is 591 g/mol. The lowest BCUT2D eigenvalue weighted by molar-refractivity contribution is 0.446. The van der Waals surface area contributed by atoms with Crippen LogP contribution in [-0.4, -0.2) is 6.04 Å². The minimum Gasteiger partial charge on any atom is -0.338 e. The van der Waals surface area contributed by atoms with Gasteiger partial charge in [-0.1, -0.05) is 91.7 Å². The van der Waals surface area contributed by atoms with Crippen molar-refractivity contribution in [1.29, 1.82) is 4.61 Å². The average molecular weight is 632 g/mol. The standard InChI is InChI=1S/C43H41N3S/c1-4-15-34(16-5-2)35-24-27-41(28-25-35)46-42-29-26-36(31-38(42)17-9-8-14-30-47(46)44)37-23-22-33(3)43(32-37)45(39-18-10-6-11-19-39)40-20-12-7-13-21-40/h1,5-7,10-16,18-21,23-25,27-28,30-31,33,43,47H,8-9,17,22,32H2,2-3H3/b16-5-,30-14-,34-15+/t33-,43?/m0/s1. The molecule has 1 heterocycles. The van der Waals surface area contributed by atoms with Gasteiger partial charge in [0.25, 0.3) is 0 Å². The van der Waals surface area contributed by atoms with Gasteiger partial charge in [0.15, 0.2) is 0 Å². The fourth-order valence-corrected chi connectivity index (χ4v) is 7.82. The van der Waals surface area contributed by atoms with Gasteiger partial charge in [-0.15, -0.1) is 6.42 Å². The molecule has 234 valence electrons. The Morgan fingerprint density at radius 1 is 1.00 bits per heavy atom.